The molecule has 0 spiro atoms. The Morgan fingerprint density at radius 2 is 2.25 bits per heavy atom. The third-order valence-corrected chi connectivity index (χ3v) is 2.68. The summed E-state index contributed by atoms with van der Waals surface area (Å²) in [7, 11) is 0. The molecular weight excluding hydrogens is 277 g/mol. The van der Waals surface area contributed by atoms with Crippen LogP contribution in [0.2, 0.25) is 0 Å². The Morgan fingerprint density at radius 3 is 2.81 bits per heavy atom. The van der Waals surface area contributed by atoms with E-state index in [0.29, 0.717) is 5.56 Å². The van der Waals surface area contributed by atoms with Crippen LogP contribution in [-0.4, -0.2) is 29.1 Å². The number of halogens is 2. The SMILES string of the molecule is CC(=O)N(CCO)Cc1cc(Br)ccc1F. The summed E-state index contributed by atoms with van der Waals surface area (Å²) in [6.07, 6.45) is 0. The van der Waals surface area contributed by atoms with Gasteiger partial charge < -0.3 is 10.0 Å². The molecule has 0 unspecified atom stereocenters. The molecule has 5 heteroatoms. The summed E-state index contributed by atoms with van der Waals surface area (Å²) in [4.78, 5) is 12.6. The number of hydrogen-bond donors (Lipinski definition) is 1. The van der Waals surface area contributed by atoms with Crippen molar-refractivity contribution in [2.24, 2.45) is 0 Å². The Labute approximate surface area is 102 Å². The van der Waals surface area contributed by atoms with Crippen LogP contribution in [0.5, 0.6) is 0 Å². The van der Waals surface area contributed by atoms with Crippen LogP contribution in [0.3, 0.4) is 0 Å². The van der Waals surface area contributed by atoms with Crippen LogP contribution in [0.1, 0.15) is 12.5 Å². The van der Waals surface area contributed by atoms with Crippen molar-refractivity contribution < 1.29 is 14.3 Å². The summed E-state index contributed by atoms with van der Waals surface area (Å²) in [5.74, 6) is -0.541. The lowest BCUT2D eigenvalue weighted by Gasteiger charge is -2.20. The molecule has 0 aliphatic rings. The molecule has 0 heterocycles. The van der Waals surface area contributed by atoms with E-state index in [-0.39, 0.29) is 31.4 Å². The van der Waals surface area contributed by atoms with E-state index in [1.807, 2.05) is 0 Å². The highest BCUT2D eigenvalue weighted by Gasteiger charge is 2.11. The fourth-order valence-electron chi connectivity index (χ4n) is 1.34. The lowest BCUT2D eigenvalue weighted by Crippen LogP contribution is -2.31. The second kappa shape index (κ2) is 5.96. The zero-order chi connectivity index (χ0) is 12.1. The average Bonchev–Trinajstić information content (AvgIpc) is 2.22. The molecule has 0 bridgehead atoms. The molecule has 1 N–H and O–H groups in total. The van der Waals surface area contributed by atoms with E-state index >= 15 is 0 Å². The molecule has 88 valence electrons. The Hall–Kier alpha value is -0.940. The molecule has 0 saturated carbocycles. The van der Waals surface area contributed by atoms with Crippen LogP contribution >= 0.6 is 15.9 Å². The molecule has 0 radical (unpaired) electrons. The number of carbonyl (C=O) groups is 1. The first-order chi connectivity index (χ1) is 7.54. The summed E-state index contributed by atoms with van der Waals surface area (Å²) in [5.41, 5.74) is 0.429. The quantitative estimate of drug-likeness (QED) is 0.920. The van der Waals surface area contributed by atoms with Crippen LogP contribution in [0.15, 0.2) is 22.7 Å². The van der Waals surface area contributed by atoms with Crippen molar-refractivity contribution in [3.05, 3.63) is 34.1 Å². The molecule has 0 saturated heterocycles. The first kappa shape index (κ1) is 13.1. The molecular formula is C11H13BrFNO2. The van der Waals surface area contributed by atoms with Gasteiger partial charge in [0, 0.05) is 30.0 Å². The smallest absolute Gasteiger partial charge is 0.219 e. The third-order valence-electron chi connectivity index (χ3n) is 2.18. The van der Waals surface area contributed by atoms with E-state index in [1.165, 1.54) is 17.9 Å². The Bertz CT molecular complexity index is 384. The van der Waals surface area contributed by atoms with Gasteiger partial charge in [0.2, 0.25) is 5.91 Å². The van der Waals surface area contributed by atoms with Gasteiger partial charge in [-0.3, -0.25) is 4.79 Å². The van der Waals surface area contributed by atoms with E-state index in [4.69, 9.17) is 5.11 Å². The number of amides is 1. The van der Waals surface area contributed by atoms with Crippen LogP contribution < -0.4 is 0 Å². The second-order valence-corrected chi connectivity index (χ2v) is 4.32. The minimum atomic E-state index is -0.354. The first-order valence-electron chi connectivity index (χ1n) is 4.85. The minimum Gasteiger partial charge on any atom is -0.395 e. The standard InChI is InChI=1S/C11H13BrFNO2/c1-8(16)14(4-5-15)7-9-6-10(12)2-3-11(9)13/h2-3,6,15H,4-5,7H2,1H3. The molecule has 3 nitrogen and oxygen atoms in total. The highest BCUT2D eigenvalue weighted by Crippen LogP contribution is 2.17. The van der Waals surface area contributed by atoms with Crippen molar-refractivity contribution in [3.8, 4) is 0 Å². The minimum absolute atomic E-state index is 0.130. The van der Waals surface area contributed by atoms with Gasteiger partial charge in [0.1, 0.15) is 5.82 Å². The van der Waals surface area contributed by atoms with Gasteiger partial charge in [0.25, 0.3) is 0 Å². The van der Waals surface area contributed by atoms with E-state index in [2.05, 4.69) is 15.9 Å². The molecule has 1 amide bonds. The van der Waals surface area contributed by atoms with Crippen molar-refractivity contribution in [2.75, 3.05) is 13.2 Å². The molecule has 16 heavy (non-hydrogen) atoms. The maximum Gasteiger partial charge on any atom is 0.219 e. The molecule has 0 fully saturated rings. The number of hydrogen-bond acceptors (Lipinski definition) is 2. The van der Waals surface area contributed by atoms with Crippen LogP contribution in [-0.2, 0) is 11.3 Å². The molecule has 1 rings (SSSR count). The predicted octanol–water partition coefficient (Wildman–Crippen LogP) is 1.93. The van der Waals surface area contributed by atoms with Crippen molar-refractivity contribution in [3.63, 3.8) is 0 Å². The lowest BCUT2D eigenvalue weighted by molar-refractivity contribution is -0.130. The largest absolute Gasteiger partial charge is 0.395 e. The number of nitrogens with zero attached hydrogens (tertiary/aromatic N) is 1. The maximum absolute atomic E-state index is 13.4. The fourth-order valence-corrected chi connectivity index (χ4v) is 1.75. The van der Waals surface area contributed by atoms with Crippen LogP contribution in [0, 0.1) is 5.82 Å². The van der Waals surface area contributed by atoms with Crippen molar-refractivity contribution >= 4 is 21.8 Å². The Balaban J connectivity index is 2.84. The number of aliphatic hydroxyl groups is 1. The lowest BCUT2D eigenvalue weighted by atomic mass is 10.2. The van der Waals surface area contributed by atoms with E-state index in [1.54, 1.807) is 12.1 Å². The topological polar surface area (TPSA) is 40.5 Å². The summed E-state index contributed by atoms with van der Waals surface area (Å²) in [6, 6.07) is 4.57. The van der Waals surface area contributed by atoms with Gasteiger partial charge in [-0.25, -0.2) is 4.39 Å². The van der Waals surface area contributed by atoms with Gasteiger partial charge in [-0.05, 0) is 18.2 Å². The van der Waals surface area contributed by atoms with Gasteiger partial charge in [-0.1, -0.05) is 15.9 Å². The first-order valence-corrected chi connectivity index (χ1v) is 5.64. The van der Waals surface area contributed by atoms with Crippen molar-refractivity contribution in [2.45, 2.75) is 13.5 Å². The van der Waals surface area contributed by atoms with Crippen LogP contribution in [0.4, 0.5) is 4.39 Å². The molecule has 0 aliphatic carbocycles. The summed E-state index contributed by atoms with van der Waals surface area (Å²) >= 11 is 3.24. The van der Waals surface area contributed by atoms with E-state index in [0.717, 1.165) is 4.47 Å². The van der Waals surface area contributed by atoms with Gasteiger partial charge in [0.05, 0.1) is 6.61 Å². The Morgan fingerprint density at radius 1 is 1.56 bits per heavy atom. The predicted molar refractivity (Wildman–Crippen MR) is 62.3 cm³/mol. The summed E-state index contributed by atoms with van der Waals surface area (Å²) in [6.45, 7) is 1.64. The van der Waals surface area contributed by atoms with Gasteiger partial charge in [-0.2, -0.15) is 0 Å². The number of rotatable bonds is 4. The molecule has 0 aromatic heterocycles. The number of carbonyl (C=O) groups excluding carboxylic acids is 1. The van der Waals surface area contributed by atoms with Gasteiger partial charge >= 0.3 is 0 Å². The number of benzene rings is 1. The average molecular weight is 290 g/mol. The van der Waals surface area contributed by atoms with Gasteiger partial charge in [0.15, 0.2) is 0 Å². The molecule has 0 aliphatic heterocycles. The van der Waals surface area contributed by atoms with E-state index < -0.39 is 0 Å². The molecule has 0 atom stereocenters. The fraction of sp³-hybridized carbons (Fsp3) is 0.364. The maximum atomic E-state index is 13.4. The third kappa shape index (κ3) is 3.57. The van der Waals surface area contributed by atoms with Crippen LogP contribution in [0.25, 0.3) is 0 Å². The zero-order valence-corrected chi connectivity index (χ0v) is 10.5. The van der Waals surface area contributed by atoms with Crippen molar-refractivity contribution in [1.82, 2.24) is 4.90 Å². The normalized spacial score (nSPS) is 10.2. The molecule has 1 aromatic rings. The van der Waals surface area contributed by atoms with E-state index in [9.17, 15) is 9.18 Å². The Kier molecular flexibility index (Phi) is 4.89. The highest BCUT2D eigenvalue weighted by atomic mass is 79.9. The molecule has 1 aromatic carbocycles. The van der Waals surface area contributed by atoms with Crippen molar-refractivity contribution in [1.29, 1.82) is 0 Å². The summed E-state index contributed by atoms with van der Waals surface area (Å²) < 4.78 is 14.2. The van der Waals surface area contributed by atoms with Gasteiger partial charge in [-0.15, -0.1) is 0 Å². The number of aliphatic hydroxyl groups excluding tert-OH is 1. The zero-order valence-electron chi connectivity index (χ0n) is 8.91. The summed E-state index contributed by atoms with van der Waals surface area (Å²) in [5, 5.41) is 8.79. The highest BCUT2D eigenvalue weighted by molar-refractivity contribution is 9.10. The monoisotopic (exact) mass is 289 g/mol. The second-order valence-electron chi connectivity index (χ2n) is 3.40.